The molecule has 0 bridgehead atoms. The summed E-state index contributed by atoms with van der Waals surface area (Å²) in [4.78, 5) is 15.4. The summed E-state index contributed by atoms with van der Waals surface area (Å²) in [5.41, 5.74) is 0. The molecule has 0 aromatic heterocycles. The van der Waals surface area contributed by atoms with Crippen molar-refractivity contribution >= 4 is 11.9 Å². The molecule has 0 saturated carbocycles. The van der Waals surface area contributed by atoms with Crippen molar-refractivity contribution < 1.29 is 9.53 Å². The zero-order valence-corrected chi connectivity index (χ0v) is 9.38. The summed E-state index contributed by atoms with van der Waals surface area (Å²) in [5.74, 6) is 0.618. The van der Waals surface area contributed by atoms with Gasteiger partial charge in [0.1, 0.15) is 0 Å². The zero-order valence-electron chi connectivity index (χ0n) is 9.38. The number of nitrogens with zero attached hydrogens (tertiary/aromatic N) is 1. The highest BCUT2D eigenvalue weighted by atomic mass is 16.5. The third kappa shape index (κ3) is 5.24. The minimum Gasteiger partial charge on any atom is -0.463 e. The fraction of sp³-hybridized carbons (Fsp3) is 0.800. The van der Waals surface area contributed by atoms with E-state index in [1.807, 2.05) is 13.8 Å². The van der Waals surface area contributed by atoms with Gasteiger partial charge in [-0.25, -0.2) is 0 Å². The number of ether oxygens (including phenoxy) is 1. The Morgan fingerprint density at radius 1 is 1.67 bits per heavy atom. The maximum atomic E-state index is 11.2. The van der Waals surface area contributed by atoms with Crippen molar-refractivity contribution in [3.63, 3.8) is 0 Å². The number of rotatable bonds is 4. The Morgan fingerprint density at radius 3 is 3.07 bits per heavy atom. The van der Waals surface area contributed by atoms with Crippen molar-refractivity contribution in [3.8, 4) is 0 Å². The Balaban J connectivity index is 2.10. The van der Waals surface area contributed by atoms with Crippen molar-refractivity contribution in [1.29, 1.82) is 0 Å². The van der Waals surface area contributed by atoms with Gasteiger partial charge >= 0.3 is 5.97 Å². The highest BCUT2D eigenvalue weighted by Crippen LogP contribution is 1.92. The van der Waals surface area contributed by atoms with Gasteiger partial charge in [-0.2, -0.15) is 0 Å². The number of hydrogen-bond acceptors (Lipinski definition) is 5. The van der Waals surface area contributed by atoms with E-state index in [4.69, 9.17) is 4.74 Å². The summed E-state index contributed by atoms with van der Waals surface area (Å²) in [6, 6.07) is 0. The van der Waals surface area contributed by atoms with Gasteiger partial charge in [0.25, 0.3) is 0 Å². The average Bonchev–Trinajstić information content (AvgIpc) is 2.18. The van der Waals surface area contributed by atoms with E-state index in [0.717, 1.165) is 25.5 Å². The van der Waals surface area contributed by atoms with Crippen molar-refractivity contribution in [2.24, 2.45) is 4.99 Å². The third-order valence-electron chi connectivity index (χ3n) is 1.89. The van der Waals surface area contributed by atoms with Crippen LogP contribution in [0.25, 0.3) is 0 Å². The first kappa shape index (κ1) is 11.8. The molecular formula is C10H19N3O2. The van der Waals surface area contributed by atoms with Crippen LogP contribution in [-0.4, -0.2) is 37.7 Å². The monoisotopic (exact) mass is 213 g/mol. The van der Waals surface area contributed by atoms with Gasteiger partial charge in [-0.15, -0.1) is 0 Å². The summed E-state index contributed by atoms with van der Waals surface area (Å²) in [6.45, 7) is 6.06. The maximum Gasteiger partial charge on any atom is 0.307 e. The number of nitrogens with one attached hydrogen (secondary N) is 2. The third-order valence-corrected chi connectivity index (χ3v) is 1.89. The van der Waals surface area contributed by atoms with E-state index in [1.54, 1.807) is 0 Å². The summed E-state index contributed by atoms with van der Waals surface area (Å²) >= 11 is 0. The van der Waals surface area contributed by atoms with E-state index in [-0.39, 0.29) is 12.1 Å². The molecule has 0 amide bonds. The van der Waals surface area contributed by atoms with E-state index >= 15 is 0 Å². The molecule has 86 valence electrons. The predicted molar refractivity (Wildman–Crippen MR) is 58.8 cm³/mol. The number of aliphatic imine (C=N–C) groups is 1. The minimum atomic E-state index is -0.172. The van der Waals surface area contributed by atoms with Crippen LogP contribution < -0.4 is 10.6 Å². The van der Waals surface area contributed by atoms with Crippen molar-refractivity contribution in [2.45, 2.75) is 32.8 Å². The molecule has 15 heavy (non-hydrogen) atoms. The first-order chi connectivity index (χ1) is 7.18. The molecule has 1 heterocycles. The van der Waals surface area contributed by atoms with Gasteiger partial charge in [0.15, 0.2) is 5.96 Å². The molecule has 0 aromatic carbocycles. The second-order valence-corrected chi connectivity index (χ2v) is 3.73. The highest BCUT2D eigenvalue weighted by molar-refractivity contribution is 5.80. The summed E-state index contributed by atoms with van der Waals surface area (Å²) in [7, 11) is 0. The molecule has 0 saturated heterocycles. The number of guanidine groups is 1. The Labute approximate surface area is 90.3 Å². The van der Waals surface area contributed by atoms with Crippen molar-refractivity contribution in [2.75, 3.05) is 19.6 Å². The van der Waals surface area contributed by atoms with Crippen molar-refractivity contribution in [1.82, 2.24) is 10.6 Å². The van der Waals surface area contributed by atoms with Crippen LogP contribution in [-0.2, 0) is 9.53 Å². The van der Waals surface area contributed by atoms with E-state index in [1.165, 1.54) is 0 Å². The molecule has 0 fully saturated rings. The molecule has 0 aromatic rings. The van der Waals surface area contributed by atoms with Crippen LogP contribution in [0.5, 0.6) is 0 Å². The lowest BCUT2D eigenvalue weighted by atomic mass is 10.4. The fourth-order valence-corrected chi connectivity index (χ4v) is 1.26. The topological polar surface area (TPSA) is 62.7 Å². The lowest BCUT2D eigenvalue weighted by molar-refractivity contribution is -0.147. The Kier molecular flexibility index (Phi) is 4.93. The molecule has 0 spiro atoms. The molecule has 0 aliphatic carbocycles. The van der Waals surface area contributed by atoms with Gasteiger partial charge in [-0.3, -0.25) is 9.79 Å². The minimum absolute atomic E-state index is 0.0392. The number of hydrogen-bond donors (Lipinski definition) is 2. The van der Waals surface area contributed by atoms with Crippen LogP contribution in [0, 0.1) is 0 Å². The molecule has 5 heteroatoms. The molecule has 1 rings (SSSR count). The molecule has 5 nitrogen and oxygen atoms in total. The van der Waals surface area contributed by atoms with E-state index in [9.17, 15) is 4.79 Å². The Hall–Kier alpha value is -1.26. The first-order valence-corrected chi connectivity index (χ1v) is 5.40. The Morgan fingerprint density at radius 2 is 2.47 bits per heavy atom. The highest BCUT2D eigenvalue weighted by Gasteiger charge is 2.06. The summed E-state index contributed by atoms with van der Waals surface area (Å²) < 4.78 is 5.00. The number of carbonyl (C=O) groups is 1. The normalized spacial score (nSPS) is 15.5. The van der Waals surface area contributed by atoms with Crippen LogP contribution in [0.3, 0.4) is 0 Å². The molecule has 0 radical (unpaired) electrons. The SMILES string of the molecule is CC(C)OC(=O)CCNC1=NCCCN1. The van der Waals surface area contributed by atoms with Gasteiger partial charge in [0, 0.05) is 19.6 Å². The second kappa shape index (κ2) is 6.27. The van der Waals surface area contributed by atoms with Crippen LogP contribution >= 0.6 is 0 Å². The fourth-order valence-electron chi connectivity index (χ4n) is 1.26. The van der Waals surface area contributed by atoms with Gasteiger partial charge in [0.2, 0.25) is 0 Å². The summed E-state index contributed by atoms with van der Waals surface area (Å²) in [5, 5.41) is 6.18. The number of carbonyl (C=O) groups excluding carboxylic acids is 1. The number of esters is 1. The van der Waals surface area contributed by atoms with Gasteiger partial charge in [-0.1, -0.05) is 0 Å². The van der Waals surface area contributed by atoms with Crippen molar-refractivity contribution in [3.05, 3.63) is 0 Å². The van der Waals surface area contributed by atoms with Crippen LogP contribution in [0.15, 0.2) is 4.99 Å². The lowest BCUT2D eigenvalue weighted by Crippen LogP contribution is -2.41. The van der Waals surface area contributed by atoms with E-state index in [0.29, 0.717) is 13.0 Å². The first-order valence-electron chi connectivity index (χ1n) is 5.40. The zero-order chi connectivity index (χ0) is 11.1. The predicted octanol–water partition coefficient (Wildman–Crippen LogP) is 0.267. The molecule has 0 unspecified atom stereocenters. The quantitative estimate of drug-likeness (QED) is 0.658. The standard InChI is InChI=1S/C10H19N3O2/c1-8(2)15-9(14)4-7-13-10-11-5-3-6-12-10/h8H,3-7H2,1-2H3,(H2,11,12,13). The second-order valence-electron chi connectivity index (χ2n) is 3.73. The van der Waals surface area contributed by atoms with Gasteiger partial charge < -0.3 is 15.4 Å². The summed E-state index contributed by atoms with van der Waals surface area (Å²) in [6.07, 6.45) is 1.40. The maximum absolute atomic E-state index is 11.2. The average molecular weight is 213 g/mol. The smallest absolute Gasteiger partial charge is 0.307 e. The van der Waals surface area contributed by atoms with Crippen LogP contribution in [0.4, 0.5) is 0 Å². The molecular weight excluding hydrogens is 194 g/mol. The Bertz CT molecular complexity index is 239. The molecule has 1 aliphatic heterocycles. The largest absolute Gasteiger partial charge is 0.463 e. The van der Waals surface area contributed by atoms with Crippen LogP contribution in [0.1, 0.15) is 26.7 Å². The molecule has 1 aliphatic rings. The molecule has 2 N–H and O–H groups in total. The van der Waals surface area contributed by atoms with Gasteiger partial charge in [0.05, 0.1) is 12.5 Å². The van der Waals surface area contributed by atoms with E-state index < -0.39 is 0 Å². The van der Waals surface area contributed by atoms with Gasteiger partial charge in [-0.05, 0) is 20.3 Å². The molecule has 0 atom stereocenters. The lowest BCUT2D eigenvalue weighted by Gasteiger charge is -2.15. The van der Waals surface area contributed by atoms with Crippen LogP contribution in [0.2, 0.25) is 0 Å². The van der Waals surface area contributed by atoms with E-state index in [2.05, 4.69) is 15.6 Å².